The van der Waals surface area contributed by atoms with E-state index in [1.54, 1.807) is 0 Å². The molecule has 3 rings (SSSR count). The van der Waals surface area contributed by atoms with Gasteiger partial charge in [0.2, 0.25) is 0 Å². The summed E-state index contributed by atoms with van der Waals surface area (Å²) >= 11 is 0. The SMILES string of the molecule is CC(=O)O[C@@H]1[C@H](O)[C@@H](COP(=O)(O)OP(=O)(O)OC[C@@H](O)[C@@H](O)[C@@H](O)C=O)O[C@H]1n1cnc2c(N)ncnc21. The van der Waals surface area contributed by atoms with Crippen molar-refractivity contribution in [2.24, 2.45) is 0 Å². The van der Waals surface area contributed by atoms with Crippen LogP contribution in [0.4, 0.5) is 5.82 Å². The number of aldehydes is 1. The lowest BCUT2D eigenvalue weighted by molar-refractivity contribution is -0.155. The molecule has 218 valence electrons. The largest absolute Gasteiger partial charge is 0.481 e. The minimum Gasteiger partial charge on any atom is -0.455 e. The van der Waals surface area contributed by atoms with E-state index < -0.39 is 77.7 Å². The first-order valence-electron chi connectivity index (χ1n) is 10.7. The number of aromatic nitrogens is 4. The molecule has 22 heteroatoms. The van der Waals surface area contributed by atoms with Crippen LogP contribution in [-0.2, 0) is 41.6 Å². The van der Waals surface area contributed by atoms with Crippen molar-refractivity contribution in [2.45, 2.75) is 49.8 Å². The number of hydrogen-bond acceptors (Lipinski definition) is 17. The van der Waals surface area contributed by atoms with Gasteiger partial charge in [0, 0.05) is 6.92 Å². The second kappa shape index (κ2) is 12.4. The number of esters is 1. The Hall–Kier alpha value is -2.45. The second-order valence-electron chi connectivity index (χ2n) is 8.01. The van der Waals surface area contributed by atoms with Crippen LogP contribution in [0.5, 0.6) is 0 Å². The first kappa shape index (κ1) is 31.1. The fourth-order valence-corrected chi connectivity index (χ4v) is 5.47. The number of ether oxygens (including phenoxy) is 2. The standard InChI is InChI=1S/C17H25N5O15P2/c1-7(24)35-14-13(28)10(36-17(14)22-6-21-11-15(18)19-5-20-16(11)22)4-34-39(31,32)37-38(29,30)33-3-9(26)12(27)8(25)2-23/h2,5-6,8-10,12-14,17,25-28H,3-4H2,1H3,(H,29,30)(H,31,32)(H2,18,19,20)/t8-,9+,10+,12-,13+,14+,17+/m0/s1. The number of nitrogens with two attached hydrogens (primary N) is 1. The number of nitrogens with zero attached hydrogens (tertiary/aromatic N) is 4. The van der Waals surface area contributed by atoms with Gasteiger partial charge in [-0.3, -0.25) is 18.4 Å². The van der Waals surface area contributed by atoms with Crippen LogP contribution in [0.25, 0.3) is 11.2 Å². The highest BCUT2D eigenvalue weighted by Gasteiger charge is 2.49. The lowest BCUT2D eigenvalue weighted by Gasteiger charge is -2.22. The maximum Gasteiger partial charge on any atom is 0.481 e. The summed E-state index contributed by atoms with van der Waals surface area (Å²) in [6, 6.07) is 0. The lowest BCUT2D eigenvalue weighted by atomic mass is 10.1. The van der Waals surface area contributed by atoms with Crippen molar-refractivity contribution in [2.75, 3.05) is 18.9 Å². The number of phosphoric ester groups is 2. The van der Waals surface area contributed by atoms with Gasteiger partial charge in [-0.15, -0.1) is 0 Å². The molecule has 20 nitrogen and oxygen atoms in total. The summed E-state index contributed by atoms with van der Waals surface area (Å²) in [6.07, 6.45) is -9.80. The summed E-state index contributed by atoms with van der Waals surface area (Å²) in [6.45, 7) is -1.09. The smallest absolute Gasteiger partial charge is 0.455 e. The van der Waals surface area contributed by atoms with E-state index in [0.29, 0.717) is 0 Å². The molecule has 1 aliphatic rings. The highest BCUT2D eigenvalue weighted by Crippen LogP contribution is 2.60. The number of anilines is 1. The quantitative estimate of drug-likeness (QED) is 0.0689. The topological polar surface area (TPSA) is 305 Å². The Morgan fingerprint density at radius 3 is 2.51 bits per heavy atom. The number of hydrogen-bond donors (Lipinski definition) is 7. The van der Waals surface area contributed by atoms with Crippen molar-refractivity contribution in [3.63, 3.8) is 0 Å². The summed E-state index contributed by atoms with van der Waals surface area (Å²) in [5.41, 5.74) is 6.06. The first-order chi connectivity index (χ1) is 18.2. The zero-order chi connectivity index (χ0) is 29.1. The summed E-state index contributed by atoms with van der Waals surface area (Å²) in [5, 5.41) is 38.8. The van der Waals surface area contributed by atoms with Gasteiger partial charge in [-0.2, -0.15) is 4.31 Å². The minimum atomic E-state index is -5.43. The number of imidazole rings is 1. The number of phosphoric acid groups is 2. The van der Waals surface area contributed by atoms with E-state index in [9.17, 15) is 43.8 Å². The third-order valence-electron chi connectivity index (χ3n) is 5.18. The number of nitrogen functional groups attached to an aromatic ring is 1. The van der Waals surface area contributed by atoms with Crippen molar-refractivity contribution in [3.8, 4) is 0 Å². The van der Waals surface area contributed by atoms with E-state index in [0.717, 1.165) is 13.3 Å². The number of rotatable bonds is 13. The zero-order valence-electron chi connectivity index (χ0n) is 19.8. The molecule has 0 radical (unpaired) electrons. The molecule has 0 bridgehead atoms. The maximum atomic E-state index is 12.2. The zero-order valence-corrected chi connectivity index (χ0v) is 21.6. The molecule has 0 aliphatic carbocycles. The fraction of sp³-hybridized carbons (Fsp3) is 0.588. The van der Waals surface area contributed by atoms with Crippen LogP contribution in [0.3, 0.4) is 0 Å². The molecule has 2 aromatic rings. The molecule has 1 aliphatic heterocycles. The lowest BCUT2D eigenvalue weighted by Crippen LogP contribution is -2.40. The summed E-state index contributed by atoms with van der Waals surface area (Å²) in [7, 11) is -10.8. The van der Waals surface area contributed by atoms with Gasteiger partial charge < -0.3 is 50.2 Å². The Labute approximate surface area is 218 Å². The number of fused-ring (bicyclic) bond motifs is 1. The van der Waals surface area contributed by atoms with E-state index in [1.165, 1.54) is 10.9 Å². The van der Waals surface area contributed by atoms with Crippen molar-refractivity contribution in [1.82, 2.24) is 19.5 Å². The fourth-order valence-electron chi connectivity index (χ4n) is 3.38. The first-order valence-corrected chi connectivity index (χ1v) is 13.7. The minimum absolute atomic E-state index is 0.0252. The van der Waals surface area contributed by atoms with Gasteiger partial charge in [0.1, 0.15) is 42.4 Å². The van der Waals surface area contributed by atoms with Crippen LogP contribution in [0.15, 0.2) is 12.7 Å². The Morgan fingerprint density at radius 1 is 1.21 bits per heavy atom. The molecule has 39 heavy (non-hydrogen) atoms. The molecule has 2 aromatic heterocycles. The average Bonchev–Trinajstić information content (AvgIpc) is 3.41. The molecule has 0 saturated carbocycles. The number of carbonyl (C=O) groups excluding carboxylic acids is 2. The third kappa shape index (κ3) is 7.60. The van der Waals surface area contributed by atoms with Crippen LogP contribution in [0.1, 0.15) is 13.2 Å². The molecular weight excluding hydrogens is 576 g/mol. The maximum absolute atomic E-state index is 12.2. The van der Waals surface area contributed by atoms with E-state index >= 15 is 0 Å². The predicted octanol–water partition coefficient (Wildman–Crippen LogP) is -2.87. The van der Waals surface area contributed by atoms with Crippen LogP contribution >= 0.6 is 15.6 Å². The molecule has 2 unspecified atom stereocenters. The monoisotopic (exact) mass is 601 g/mol. The molecule has 0 aromatic carbocycles. The van der Waals surface area contributed by atoms with Gasteiger partial charge in [0.15, 0.2) is 30.1 Å². The van der Waals surface area contributed by atoms with E-state index in [-0.39, 0.29) is 23.3 Å². The Kier molecular flexibility index (Phi) is 9.87. The molecule has 8 N–H and O–H groups in total. The summed E-state index contributed by atoms with van der Waals surface area (Å²) < 4.78 is 49.3. The van der Waals surface area contributed by atoms with E-state index in [2.05, 4.69) is 28.3 Å². The molecule has 1 saturated heterocycles. The molecule has 0 amide bonds. The highest BCUT2D eigenvalue weighted by molar-refractivity contribution is 7.61. The average molecular weight is 601 g/mol. The van der Waals surface area contributed by atoms with Crippen LogP contribution in [0.2, 0.25) is 0 Å². The van der Waals surface area contributed by atoms with Crippen molar-refractivity contribution >= 4 is 44.9 Å². The van der Waals surface area contributed by atoms with E-state index in [1.807, 2.05) is 0 Å². The van der Waals surface area contributed by atoms with Gasteiger partial charge in [0.25, 0.3) is 0 Å². The van der Waals surface area contributed by atoms with Gasteiger partial charge in [-0.05, 0) is 0 Å². The number of aliphatic hydroxyl groups is 4. The molecule has 1 fully saturated rings. The van der Waals surface area contributed by atoms with Gasteiger partial charge in [-0.1, -0.05) is 0 Å². The normalized spacial score (nSPS) is 26.8. The van der Waals surface area contributed by atoms with E-state index in [4.69, 9.17) is 20.3 Å². The molecule has 9 atom stereocenters. The van der Waals surface area contributed by atoms with Crippen molar-refractivity contribution in [1.29, 1.82) is 0 Å². The van der Waals surface area contributed by atoms with Gasteiger partial charge in [0.05, 0.1) is 19.5 Å². The van der Waals surface area contributed by atoms with Crippen LogP contribution < -0.4 is 5.73 Å². The molecule has 3 heterocycles. The van der Waals surface area contributed by atoms with Gasteiger partial charge >= 0.3 is 21.6 Å². The van der Waals surface area contributed by atoms with Crippen molar-refractivity contribution < 1.29 is 71.8 Å². The summed E-state index contributed by atoms with van der Waals surface area (Å²) in [5.74, 6) is -0.785. The second-order valence-corrected chi connectivity index (χ2v) is 11.1. The van der Waals surface area contributed by atoms with Crippen LogP contribution in [0, 0.1) is 0 Å². The highest BCUT2D eigenvalue weighted by atomic mass is 31.3. The van der Waals surface area contributed by atoms with Crippen LogP contribution in [-0.4, -0.2) is 112 Å². The predicted molar refractivity (Wildman–Crippen MR) is 122 cm³/mol. The Morgan fingerprint density at radius 2 is 1.87 bits per heavy atom. The van der Waals surface area contributed by atoms with Gasteiger partial charge in [-0.25, -0.2) is 24.1 Å². The van der Waals surface area contributed by atoms with Crippen molar-refractivity contribution in [3.05, 3.63) is 12.7 Å². The molecular formula is C17H25N5O15P2. The Balaban J connectivity index is 1.67. The Bertz CT molecular complexity index is 1280. The number of aliphatic hydroxyl groups excluding tert-OH is 4. The third-order valence-corrected chi connectivity index (χ3v) is 7.78. The summed E-state index contributed by atoms with van der Waals surface area (Å²) in [4.78, 5) is 53.4. The molecule has 0 spiro atoms. The number of carbonyl (C=O) groups is 2.